The molecular formula is C25H27N3O3. The Bertz CT molecular complexity index is 1060. The predicted octanol–water partition coefficient (Wildman–Crippen LogP) is 3.54. The van der Waals surface area contributed by atoms with Crippen LogP contribution in [0.1, 0.15) is 37.3 Å². The highest BCUT2D eigenvalue weighted by molar-refractivity contribution is 6.04. The summed E-state index contributed by atoms with van der Waals surface area (Å²) >= 11 is 0. The second-order valence-electron chi connectivity index (χ2n) is 8.73. The largest absolute Gasteiger partial charge is 0.326 e. The number of carbonyl (C=O) groups is 3. The second-order valence-corrected chi connectivity index (χ2v) is 8.73. The zero-order valence-electron chi connectivity index (χ0n) is 17.8. The molecule has 0 unspecified atom stereocenters. The summed E-state index contributed by atoms with van der Waals surface area (Å²) in [6.45, 7) is 3.14. The minimum atomic E-state index is -0.376. The number of hydrogen-bond acceptors (Lipinski definition) is 3. The number of nitrogens with one attached hydrogen (secondary N) is 1. The third-order valence-electron chi connectivity index (χ3n) is 6.61. The summed E-state index contributed by atoms with van der Waals surface area (Å²) in [5.41, 5.74) is 4.79. The van der Waals surface area contributed by atoms with Gasteiger partial charge in [0.25, 0.3) is 0 Å². The molecule has 6 nitrogen and oxygen atoms in total. The Kier molecular flexibility index (Phi) is 5.00. The number of rotatable bonds is 5. The minimum Gasteiger partial charge on any atom is -0.326 e. The normalized spacial score (nSPS) is 20.2. The number of fused-ring (bicyclic) bond motifs is 1. The van der Waals surface area contributed by atoms with Gasteiger partial charge in [-0.3, -0.25) is 14.4 Å². The van der Waals surface area contributed by atoms with Gasteiger partial charge in [0.2, 0.25) is 17.7 Å². The quantitative estimate of drug-likeness (QED) is 0.809. The van der Waals surface area contributed by atoms with Crippen LogP contribution in [0.4, 0.5) is 17.1 Å². The van der Waals surface area contributed by atoms with Gasteiger partial charge >= 0.3 is 0 Å². The van der Waals surface area contributed by atoms with Gasteiger partial charge in [-0.05, 0) is 61.1 Å². The third-order valence-corrected chi connectivity index (χ3v) is 6.61. The fourth-order valence-corrected chi connectivity index (χ4v) is 4.65. The maximum atomic E-state index is 12.8. The Balaban J connectivity index is 1.29. The second kappa shape index (κ2) is 7.84. The first-order valence-electron chi connectivity index (χ1n) is 11.2. The molecule has 1 saturated heterocycles. The van der Waals surface area contributed by atoms with E-state index in [1.54, 1.807) is 4.90 Å². The van der Waals surface area contributed by atoms with E-state index in [2.05, 4.69) is 12.2 Å². The highest BCUT2D eigenvalue weighted by Crippen LogP contribution is 2.38. The zero-order valence-corrected chi connectivity index (χ0v) is 17.8. The number of hydrogen-bond donors (Lipinski definition) is 1. The van der Waals surface area contributed by atoms with Crippen LogP contribution in [0.3, 0.4) is 0 Å². The van der Waals surface area contributed by atoms with Crippen molar-refractivity contribution in [2.75, 3.05) is 28.2 Å². The van der Waals surface area contributed by atoms with Gasteiger partial charge < -0.3 is 15.1 Å². The molecule has 1 N–H and O–H groups in total. The molecule has 2 aromatic rings. The molecule has 0 radical (unpaired) electrons. The Hall–Kier alpha value is -3.15. The van der Waals surface area contributed by atoms with Crippen molar-refractivity contribution in [3.63, 3.8) is 0 Å². The summed E-state index contributed by atoms with van der Waals surface area (Å²) in [6.07, 6.45) is 3.85. The number of amides is 3. The minimum absolute atomic E-state index is 0.0345. The van der Waals surface area contributed by atoms with Gasteiger partial charge in [0.05, 0.1) is 5.92 Å². The van der Waals surface area contributed by atoms with E-state index >= 15 is 0 Å². The number of para-hydroxylation sites is 1. The standard InChI is InChI=1S/C25H27N3O3/c1-2-16-5-3-4-6-21(16)26-24(30)19-14-23(29)28(15-19)20-9-10-22-18(13-20)11-12-27(22)25(31)17-7-8-17/h3-6,9-10,13,17,19H,2,7-8,11-12,14-15H2,1H3,(H,26,30)/t19-/m0/s1. The first kappa shape index (κ1) is 19.8. The lowest BCUT2D eigenvalue weighted by Crippen LogP contribution is -2.30. The van der Waals surface area contributed by atoms with Gasteiger partial charge in [-0.25, -0.2) is 0 Å². The van der Waals surface area contributed by atoms with Crippen LogP contribution < -0.4 is 15.1 Å². The van der Waals surface area contributed by atoms with Crippen LogP contribution in [-0.4, -0.2) is 30.8 Å². The van der Waals surface area contributed by atoms with Crippen LogP contribution >= 0.6 is 0 Å². The zero-order chi connectivity index (χ0) is 21.5. The van der Waals surface area contributed by atoms with Crippen LogP contribution in [0.2, 0.25) is 0 Å². The van der Waals surface area contributed by atoms with Gasteiger partial charge in [-0.1, -0.05) is 25.1 Å². The Morgan fingerprint density at radius 1 is 1.10 bits per heavy atom. The fraction of sp³-hybridized carbons (Fsp3) is 0.400. The summed E-state index contributed by atoms with van der Waals surface area (Å²) in [5, 5.41) is 3.01. The summed E-state index contributed by atoms with van der Waals surface area (Å²) < 4.78 is 0. The smallest absolute Gasteiger partial charge is 0.230 e. The van der Waals surface area contributed by atoms with Gasteiger partial charge in [-0.2, -0.15) is 0 Å². The van der Waals surface area contributed by atoms with Crippen molar-refractivity contribution in [1.29, 1.82) is 0 Å². The molecule has 31 heavy (non-hydrogen) atoms. The number of benzene rings is 2. The highest BCUT2D eigenvalue weighted by atomic mass is 16.2. The molecule has 1 atom stereocenters. The van der Waals surface area contributed by atoms with Crippen molar-refractivity contribution in [2.24, 2.45) is 11.8 Å². The molecule has 2 heterocycles. The molecule has 2 aliphatic heterocycles. The third kappa shape index (κ3) is 3.71. The maximum Gasteiger partial charge on any atom is 0.230 e. The lowest BCUT2D eigenvalue weighted by molar-refractivity contribution is -0.122. The van der Waals surface area contributed by atoms with Crippen molar-refractivity contribution in [3.05, 3.63) is 53.6 Å². The molecule has 0 bridgehead atoms. The molecule has 0 aromatic heterocycles. The summed E-state index contributed by atoms with van der Waals surface area (Å²) in [6, 6.07) is 13.6. The first-order valence-corrected chi connectivity index (χ1v) is 11.2. The molecular weight excluding hydrogens is 390 g/mol. The average molecular weight is 418 g/mol. The van der Waals surface area contributed by atoms with Crippen molar-refractivity contribution < 1.29 is 14.4 Å². The monoisotopic (exact) mass is 417 g/mol. The Morgan fingerprint density at radius 2 is 1.90 bits per heavy atom. The molecule has 5 rings (SSSR count). The number of aryl methyl sites for hydroxylation is 1. The van der Waals surface area contributed by atoms with Crippen LogP contribution in [0, 0.1) is 11.8 Å². The molecule has 3 aliphatic rings. The van der Waals surface area contributed by atoms with Crippen LogP contribution in [-0.2, 0) is 27.2 Å². The molecule has 160 valence electrons. The van der Waals surface area contributed by atoms with E-state index in [4.69, 9.17) is 0 Å². The molecule has 2 fully saturated rings. The fourth-order valence-electron chi connectivity index (χ4n) is 4.65. The number of anilines is 3. The predicted molar refractivity (Wildman–Crippen MR) is 120 cm³/mol. The van der Waals surface area contributed by atoms with Crippen LogP contribution in [0.25, 0.3) is 0 Å². The first-order chi connectivity index (χ1) is 15.0. The SMILES string of the molecule is CCc1ccccc1NC(=O)[C@H]1CC(=O)N(c2ccc3c(c2)CCN3C(=O)C2CC2)C1. The molecule has 0 spiro atoms. The van der Waals surface area contributed by atoms with E-state index in [0.29, 0.717) is 13.1 Å². The topological polar surface area (TPSA) is 69.7 Å². The maximum absolute atomic E-state index is 12.8. The van der Waals surface area contributed by atoms with Crippen molar-refractivity contribution >= 4 is 34.8 Å². The van der Waals surface area contributed by atoms with E-state index in [1.807, 2.05) is 47.4 Å². The Labute approximate surface area is 182 Å². The Morgan fingerprint density at radius 3 is 2.68 bits per heavy atom. The average Bonchev–Trinajstić information content (AvgIpc) is 3.43. The van der Waals surface area contributed by atoms with E-state index in [1.165, 1.54) is 0 Å². The lowest BCUT2D eigenvalue weighted by Gasteiger charge is -2.20. The molecule has 1 saturated carbocycles. The molecule has 1 aliphatic carbocycles. The summed E-state index contributed by atoms with van der Waals surface area (Å²) in [5.74, 6) is -0.0961. The van der Waals surface area contributed by atoms with Crippen molar-refractivity contribution in [2.45, 2.75) is 39.0 Å². The van der Waals surface area contributed by atoms with E-state index in [-0.39, 0.29) is 36.0 Å². The van der Waals surface area contributed by atoms with Gasteiger partial charge in [0.1, 0.15) is 0 Å². The lowest BCUT2D eigenvalue weighted by atomic mass is 10.1. The number of carbonyl (C=O) groups excluding carboxylic acids is 3. The van der Waals surface area contributed by atoms with Crippen molar-refractivity contribution in [1.82, 2.24) is 0 Å². The van der Waals surface area contributed by atoms with Crippen LogP contribution in [0.5, 0.6) is 0 Å². The summed E-state index contributed by atoms with van der Waals surface area (Å²) in [7, 11) is 0. The van der Waals surface area contributed by atoms with Crippen LogP contribution in [0.15, 0.2) is 42.5 Å². The molecule has 6 heteroatoms. The van der Waals surface area contributed by atoms with Gasteiger partial charge in [0, 0.05) is 42.5 Å². The van der Waals surface area contributed by atoms with Crippen molar-refractivity contribution in [3.8, 4) is 0 Å². The molecule has 3 amide bonds. The highest BCUT2D eigenvalue weighted by Gasteiger charge is 2.38. The van der Waals surface area contributed by atoms with Gasteiger partial charge in [0.15, 0.2) is 0 Å². The molecule has 2 aromatic carbocycles. The van der Waals surface area contributed by atoms with E-state index < -0.39 is 0 Å². The number of nitrogens with zero attached hydrogens (tertiary/aromatic N) is 2. The van der Waals surface area contributed by atoms with Gasteiger partial charge in [-0.15, -0.1) is 0 Å². The van der Waals surface area contributed by atoms with E-state index in [0.717, 1.165) is 53.9 Å². The summed E-state index contributed by atoms with van der Waals surface area (Å²) in [4.78, 5) is 41.7. The van der Waals surface area contributed by atoms with E-state index in [9.17, 15) is 14.4 Å².